The van der Waals surface area contributed by atoms with Crippen molar-refractivity contribution < 1.29 is 13.9 Å². The zero-order chi connectivity index (χ0) is 15.4. The van der Waals surface area contributed by atoms with Gasteiger partial charge in [0.05, 0.1) is 7.11 Å². The van der Waals surface area contributed by atoms with Crippen LogP contribution in [0.5, 0.6) is 11.5 Å². The van der Waals surface area contributed by atoms with E-state index in [1.807, 2.05) is 32.0 Å². The van der Waals surface area contributed by atoms with Gasteiger partial charge in [-0.2, -0.15) is 0 Å². The predicted molar refractivity (Wildman–Crippen MR) is 81.1 cm³/mol. The first-order chi connectivity index (χ1) is 10.0. The molecule has 0 saturated heterocycles. The zero-order valence-electron chi connectivity index (χ0n) is 12.5. The van der Waals surface area contributed by atoms with Gasteiger partial charge in [-0.25, -0.2) is 4.39 Å². The largest absolute Gasteiger partial charge is 0.496 e. The van der Waals surface area contributed by atoms with Crippen LogP contribution in [-0.2, 0) is 6.61 Å². The lowest BCUT2D eigenvalue weighted by molar-refractivity contribution is 0.294. The molecule has 112 valence electrons. The predicted octanol–water partition coefficient (Wildman–Crippen LogP) is 3.74. The van der Waals surface area contributed by atoms with Gasteiger partial charge in [0.2, 0.25) is 0 Å². The number of aryl methyl sites for hydroxylation is 1. The molecule has 1 unspecified atom stereocenters. The van der Waals surface area contributed by atoms with Gasteiger partial charge < -0.3 is 15.2 Å². The van der Waals surface area contributed by atoms with E-state index in [0.29, 0.717) is 12.4 Å². The van der Waals surface area contributed by atoms with E-state index in [0.717, 1.165) is 22.4 Å². The van der Waals surface area contributed by atoms with E-state index >= 15 is 0 Å². The second-order valence-electron chi connectivity index (χ2n) is 5.06. The molecule has 3 nitrogen and oxygen atoms in total. The van der Waals surface area contributed by atoms with Crippen molar-refractivity contribution in [2.24, 2.45) is 5.73 Å². The Morgan fingerprint density at radius 3 is 2.48 bits per heavy atom. The van der Waals surface area contributed by atoms with E-state index in [1.165, 1.54) is 12.1 Å². The first-order valence-corrected chi connectivity index (χ1v) is 6.82. The van der Waals surface area contributed by atoms with Crippen LogP contribution in [0.1, 0.15) is 29.7 Å². The molecule has 2 rings (SSSR count). The Bertz CT molecular complexity index is 626. The molecule has 1 atom stereocenters. The van der Waals surface area contributed by atoms with Gasteiger partial charge in [0.1, 0.15) is 23.9 Å². The molecule has 0 radical (unpaired) electrons. The van der Waals surface area contributed by atoms with E-state index in [4.69, 9.17) is 15.2 Å². The molecular weight excluding hydrogens is 269 g/mol. The van der Waals surface area contributed by atoms with Crippen LogP contribution in [0.3, 0.4) is 0 Å². The molecule has 0 aliphatic rings. The molecule has 4 heteroatoms. The first kappa shape index (κ1) is 15.3. The summed E-state index contributed by atoms with van der Waals surface area (Å²) >= 11 is 0. The molecule has 0 heterocycles. The number of hydrogen-bond acceptors (Lipinski definition) is 3. The lowest BCUT2D eigenvalue weighted by atomic mass is 10.1. The molecule has 0 amide bonds. The van der Waals surface area contributed by atoms with Crippen molar-refractivity contribution in [3.8, 4) is 11.5 Å². The highest BCUT2D eigenvalue weighted by Gasteiger charge is 2.09. The van der Waals surface area contributed by atoms with Crippen molar-refractivity contribution in [2.75, 3.05) is 7.11 Å². The van der Waals surface area contributed by atoms with Crippen molar-refractivity contribution >= 4 is 0 Å². The Hall–Kier alpha value is -2.07. The average molecular weight is 289 g/mol. The fourth-order valence-corrected chi connectivity index (χ4v) is 2.12. The molecule has 0 saturated carbocycles. The second-order valence-corrected chi connectivity index (χ2v) is 5.06. The van der Waals surface area contributed by atoms with Crippen LogP contribution in [0.25, 0.3) is 0 Å². The van der Waals surface area contributed by atoms with Crippen molar-refractivity contribution in [3.05, 3.63) is 58.9 Å². The fourth-order valence-electron chi connectivity index (χ4n) is 2.12. The van der Waals surface area contributed by atoms with E-state index in [9.17, 15) is 4.39 Å². The summed E-state index contributed by atoms with van der Waals surface area (Å²) in [7, 11) is 1.62. The van der Waals surface area contributed by atoms with Crippen LogP contribution in [0.2, 0.25) is 0 Å². The van der Waals surface area contributed by atoms with E-state index in [-0.39, 0.29) is 11.9 Å². The molecule has 0 spiro atoms. The Morgan fingerprint density at radius 1 is 1.14 bits per heavy atom. The number of benzene rings is 2. The third-order valence-electron chi connectivity index (χ3n) is 3.35. The molecular formula is C17H20FNO2. The molecule has 2 N–H and O–H groups in total. The molecule has 2 aromatic rings. The van der Waals surface area contributed by atoms with Gasteiger partial charge in [-0.1, -0.05) is 6.07 Å². The number of halogens is 1. The maximum absolute atomic E-state index is 13.1. The summed E-state index contributed by atoms with van der Waals surface area (Å²) in [5, 5.41) is 0. The highest BCUT2D eigenvalue weighted by Crippen LogP contribution is 2.25. The maximum Gasteiger partial charge on any atom is 0.125 e. The summed E-state index contributed by atoms with van der Waals surface area (Å²) in [5.74, 6) is 1.14. The Morgan fingerprint density at radius 2 is 1.86 bits per heavy atom. The number of rotatable bonds is 5. The van der Waals surface area contributed by atoms with Crippen LogP contribution < -0.4 is 15.2 Å². The number of hydrogen-bond donors (Lipinski definition) is 1. The van der Waals surface area contributed by atoms with E-state index in [1.54, 1.807) is 13.2 Å². The average Bonchev–Trinajstić information content (AvgIpc) is 2.46. The Labute approximate surface area is 124 Å². The summed E-state index contributed by atoms with van der Waals surface area (Å²) in [6.45, 7) is 4.08. The molecule has 0 aliphatic carbocycles. The van der Waals surface area contributed by atoms with Crippen molar-refractivity contribution in [2.45, 2.75) is 26.5 Å². The first-order valence-electron chi connectivity index (χ1n) is 6.82. The fraction of sp³-hybridized carbons (Fsp3) is 0.294. The van der Waals surface area contributed by atoms with Gasteiger partial charge in [-0.15, -0.1) is 0 Å². The van der Waals surface area contributed by atoms with Gasteiger partial charge in [-0.3, -0.25) is 0 Å². The second kappa shape index (κ2) is 6.59. The molecule has 2 aromatic carbocycles. The molecule has 21 heavy (non-hydrogen) atoms. The summed E-state index contributed by atoms with van der Waals surface area (Å²) in [6.07, 6.45) is 0. The number of ether oxygens (including phenoxy) is 2. The normalized spacial score (nSPS) is 12.0. The van der Waals surface area contributed by atoms with Crippen LogP contribution in [0, 0.1) is 12.7 Å². The number of nitrogens with two attached hydrogens (primary N) is 1. The Kier molecular flexibility index (Phi) is 4.81. The van der Waals surface area contributed by atoms with Crippen LogP contribution in [-0.4, -0.2) is 7.11 Å². The summed E-state index contributed by atoms with van der Waals surface area (Å²) < 4.78 is 24.2. The van der Waals surface area contributed by atoms with E-state index in [2.05, 4.69) is 0 Å². The third kappa shape index (κ3) is 3.73. The number of methoxy groups -OCH3 is 1. The highest BCUT2D eigenvalue weighted by atomic mass is 19.1. The Balaban J connectivity index is 2.20. The van der Waals surface area contributed by atoms with Crippen LogP contribution in [0.15, 0.2) is 36.4 Å². The van der Waals surface area contributed by atoms with E-state index < -0.39 is 0 Å². The minimum atomic E-state index is -0.267. The zero-order valence-corrected chi connectivity index (χ0v) is 12.5. The quantitative estimate of drug-likeness (QED) is 0.912. The minimum Gasteiger partial charge on any atom is -0.496 e. The van der Waals surface area contributed by atoms with Gasteiger partial charge in [0.25, 0.3) is 0 Å². The lowest BCUT2D eigenvalue weighted by Crippen LogP contribution is -2.07. The highest BCUT2D eigenvalue weighted by molar-refractivity contribution is 5.39. The van der Waals surface area contributed by atoms with Crippen molar-refractivity contribution in [3.63, 3.8) is 0 Å². The molecule has 0 aromatic heterocycles. The molecule has 0 bridgehead atoms. The SMILES string of the molecule is COc1ccc(C(C)N)cc1COc1ccc(F)cc1C. The summed E-state index contributed by atoms with van der Waals surface area (Å²) in [4.78, 5) is 0. The molecule has 0 aliphatic heterocycles. The van der Waals surface area contributed by atoms with Crippen molar-refractivity contribution in [1.82, 2.24) is 0 Å². The smallest absolute Gasteiger partial charge is 0.125 e. The summed E-state index contributed by atoms with van der Waals surface area (Å²) in [5.41, 5.74) is 8.59. The topological polar surface area (TPSA) is 44.5 Å². The monoisotopic (exact) mass is 289 g/mol. The minimum absolute atomic E-state index is 0.0535. The standard InChI is InChI=1S/C17H20FNO2/c1-11-8-15(18)5-7-16(11)21-10-14-9-13(12(2)19)4-6-17(14)20-3/h4-9,12H,10,19H2,1-3H3. The third-order valence-corrected chi connectivity index (χ3v) is 3.35. The maximum atomic E-state index is 13.1. The van der Waals surface area contributed by atoms with Gasteiger partial charge in [0, 0.05) is 11.6 Å². The van der Waals surface area contributed by atoms with Crippen LogP contribution >= 0.6 is 0 Å². The lowest BCUT2D eigenvalue weighted by Gasteiger charge is -2.14. The summed E-state index contributed by atoms with van der Waals surface area (Å²) in [6, 6.07) is 10.2. The molecule has 0 fully saturated rings. The van der Waals surface area contributed by atoms with Gasteiger partial charge in [-0.05, 0) is 55.3 Å². The van der Waals surface area contributed by atoms with Crippen molar-refractivity contribution in [1.29, 1.82) is 0 Å². The van der Waals surface area contributed by atoms with Gasteiger partial charge in [0.15, 0.2) is 0 Å². The van der Waals surface area contributed by atoms with Gasteiger partial charge >= 0.3 is 0 Å². The van der Waals surface area contributed by atoms with Crippen LogP contribution in [0.4, 0.5) is 4.39 Å².